The first-order valence-electron chi connectivity index (χ1n) is 17.9. The molecule has 4 N–H and O–H groups in total. The van der Waals surface area contributed by atoms with E-state index in [1.54, 1.807) is 37.3 Å². The fraction of sp³-hybridized carbons (Fsp3) is 0.341. The van der Waals surface area contributed by atoms with Gasteiger partial charge in [0.25, 0.3) is 5.91 Å². The first-order chi connectivity index (χ1) is 25.5. The number of aromatic hydroxyl groups is 1. The summed E-state index contributed by atoms with van der Waals surface area (Å²) < 4.78 is 11.4. The Bertz CT molecular complexity index is 1930. The molecule has 4 rings (SSSR count). The highest BCUT2D eigenvalue weighted by Crippen LogP contribution is 2.46. The number of rotatable bonds is 19. The molecule has 280 valence electrons. The van der Waals surface area contributed by atoms with Gasteiger partial charge in [0, 0.05) is 29.4 Å². The SMILES string of the molecule is CCCCCCCCCCCC(=O)Nc1c(OC)c(C(=O)N(CC)c2cc(C(=O)O)cc(C(=O)O)c2)c(O)c2cccc(C(=O)Oc3ccccc3)c12. The maximum Gasteiger partial charge on any atom is 0.344 e. The molecule has 0 spiro atoms. The molecule has 0 aromatic heterocycles. The van der Waals surface area contributed by atoms with Gasteiger partial charge in [-0.05, 0) is 49.7 Å². The van der Waals surface area contributed by atoms with Gasteiger partial charge in [-0.2, -0.15) is 0 Å². The monoisotopic (exact) mass is 726 g/mol. The Hall–Kier alpha value is -5.91. The lowest BCUT2D eigenvalue weighted by Gasteiger charge is -2.26. The predicted molar refractivity (Wildman–Crippen MR) is 202 cm³/mol. The van der Waals surface area contributed by atoms with Crippen molar-refractivity contribution in [1.29, 1.82) is 0 Å². The van der Waals surface area contributed by atoms with Crippen LogP contribution in [-0.4, -0.2) is 58.7 Å². The smallest absolute Gasteiger partial charge is 0.344 e. The minimum absolute atomic E-state index is 0.0232. The molecule has 12 nitrogen and oxygen atoms in total. The van der Waals surface area contributed by atoms with Crippen LogP contribution in [0.2, 0.25) is 0 Å². The van der Waals surface area contributed by atoms with Gasteiger partial charge in [-0.3, -0.25) is 9.59 Å². The van der Waals surface area contributed by atoms with Gasteiger partial charge in [-0.25, -0.2) is 14.4 Å². The molecule has 0 saturated heterocycles. The fourth-order valence-corrected chi connectivity index (χ4v) is 6.23. The second-order valence-corrected chi connectivity index (χ2v) is 12.6. The van der Waals surface area contributed by atoms with Crippen LogP contribution in [0.5, 0.6) is 17.2 Å². The highest BCUT2D eigenvalue weighted by molar-refractivity contribution is 6.22. The van der Waals surface area contributed by atoms with Crippen LogP contribution in [0.3, 0.4) is 0 Å². The number of carboxylic acids is 2. The molecular weight excluding hydrogens is 680 g/mol. The Labute approximate surface area is 308 Å². The average molecular weight is 727 g/mol. The van der Waals surface area contributed by atoms with E-state index in [0.717, 1.165) is 48.8 Å². The van der Waals surface area contributed by atoms with Crippen LogP contribution in [-0.2, 0) is 4.79 Å². The van der Waals surface area contributed by atoms with Gasteiger partial charge in [0.1, 0.15) is 17.1 Å². The van der Waals surface area contributed by atoms with Gasteiger partial charge < -0.3 is 35.0 Å². The number of ether oxygens (including phenoxy) is 2. The van der Waals surface area contributed by atoms with Crippen molar-refractivity contribution < 1.29 is 48.8 Å². The molecule has 0 bridgehead atoms. The summed E-state index contributed by atoms with van der Waals surface area (Å²) in [5, 5.41) is 34.0. The highest BCUT2D eigenvalue weighted by Gasteiger charge is 2.32. The molecular formula is C41H46N2O10. The summed E-state index contributed by atoms with van der Waals surface area (Å²) in [6, 6.07) is 16.0. The van der Waals surface area contributed by atoms with Crippen LogP contribution in [0.25, 0.3) is 10.8 Å². The lowest BCUT2D eigenvalue weighted by Crippen LogP contribution is -2.32. The number of amides is 2. The first-order valence-corrected chi connectivity index (χ1v) is 17.9. The molecule has 0 saturated carbocycles. The van der Waals surface area contributed by atoms with Crippen molar-refractivity contribution in [3.8, 4) is 17.2 Å². The number of methoxy groups -OCH3 is 1. The maximum absolute atomic E-state index is 14.4. The number of hydrogen-bond acceptors (Lipinski definition) is 8. The molecule has 2 amide bonds. The van der Waals surface area contributed by atoms with Gasteiger partial charge in [-0.15, -0.1) is 0 Å². The van der Waals surface area contributed by atoms with E-state index in [4.69, 9.17) is 9.47 Å². The van der Waals surface area contributed by atoms with Crippen LogP contribution in [0.4, 0.5) is 11.4 Å². The van der Waals surface area contributed by atoms with Crippen LogP contribution in [0, 0.1) is 0 Å². The van der Waals surface area contributed by atoms with Gasteiger partial charge in [0.05, 0.1) is 29.5 Å². The Morgan fingerprint density at radius 3 is 1.92 bits per heavy atom. The number of benzene rings is 4. The van der Waals surface area contributed by atoms with E-state index >= 15 is 0 Å². The molecule has 0 unspecified atom stereocenters. The number of phenols is 1. The Morgan fingerprint density at radius 1 is 0.755 bits per heavy atom. The summed E-state index contributed by atoms with van der Waals surface area (Å²) in [4.78, 5) is 66.4. The summed E-state index contributed by atoms with van der Waals surface area (Å²) in [6.45, 7) is 3.69. The number of hydrogen-bond donors (Lipinski definition) is 4. The fourth-order valence-electron chi connectivity index (χ4n) is 6.23. The van der Waals surface area contributed by atoms with Crippen molar-refractivity contribution in [1.82, 2.24) is 0 Å². The zero-order chi connectivity index (χ0) is 38.5. The third kappa shape index (κ3) is 9.91. The number of nitrogens with one attached hydrogen (secondary N) is 1. The predicted octanol–water partition coefficient (Wildman–Crippen LogP) is 8.70. The zero-order valence-electron chi connectivity index (χ0n) is 30.3. The van der Waals surface area contributed by atoms with Crippen molar-refractivity contribution in [2.24, 2.45) is 0 Å². The molecule has 0 radical (unpaired) electrons. The van der Waals surface area contributed by atoms with E-state index in [1.807, 2.05) is 0 Å². The van der Waals surface area contributed by atoms with Crippen LogP contribution in [0.15, 0.2) is 66.7 Å². The van der Waals surface area contributed by atoms with E-state index < -0.39 is 41.0 Å². The van der Waals surface area contributed by atoms with Gasteiger partial charge >= 0.3 is 17.9 Å². The Morgan fingerprint density at radius 2 is 1.36 bits per heavy atom. The molecule has 0 atom stereocenters. The van der Waals surface area contributed by atoms with E-state index in [2.05, 4.69) is 12.2 Å². The summed E-state index contributed by atoms with van der Waals surface area (Å²) >= 11 is 0. The summed E-state index contributed by atoms with van der Waals surface area (Å²) in [6.07, 6.45) is 9.63. The first kappa shape index (κ1) is 39.9. The lowest BCUT2D eigenvalue weighted by molar-refractivity contribution is -0.116. The van der Waals surface area contributed by atoms with Crippen molar-refractivity contribution in [3.63, 3.8) is 0 Å². The van der Waals surface area contributed by atoms with Crippen LogP contribution in [0.1, 0.15) is 119 Å². The topological polar surface area (TPSA) is 180 Å². The lowest BCUT2D eigenvalue weighted by atomic mass is 9.96. The molecule has 53 heavy (non-hydrogen) atoms. The number of para-hydroxylation sites is 1. The van der Waals surface area contributed by atoms with E-state index in [9.17, 15) is 39.3 Å². The summed E-state index contributed by atoms with van der Waals surface area (Å²) in [5.74, 6) is -5.47. The number of carbonyl (C=O) groups is 5. The Balaban J connectivity index is 1.79. The maximum atomic E-state index is 14.4. The van der Waals surface area contributed by atoms with Crippen molar-refractivity contribution in [3.05, 3.63) is 89.0 Å². The molecule has 4 aromatic carbocycles. The number of anilines is 2. The van der Waals surface area contributed by atoms with E-state index in [0.29, 0.717) is 6.42 Å². The third-order valence-corrected chi connectivity index (χ3v) is 8.91. The van der Waals surface area contributed by atoms with Crippen LogP contribution >= 0.6 is 0 Å². The quantitative estimate of drug-likeness (QED) is 0.0316. The zero-order valence-corrected chi connectivity index (χ0v) is 30.3. The number of carboxylic acid groups (broad SMARTS) is 2. The number of carbonyl (C=O) groups excluding carboxylic acids is 3. The standard InChI is InChI=1S/C41H46N2O10/c1-4-6-7-8-9-10-11-12-16-22-32(44)42-35-33-30(20-17-21-31(33)41(51)53-29-18-14-13-15-19-29)36(45)34(37(35)52-3)38(46)43(5-2)28-24-26(39(47)48)23-27(25-28)40(49)50/h13-15,17-21,23-25,45H,4-12,16,22H2,1-3H3,(H,42,44)(H,47,48)(H,49,50). The number of fused-ring (bicyclic) bond motifs is 1. The van der Waals surface area contributed by atoms with Crippen LogP contribution < -0.4 is 19.7 Å². The molecule has 0 heterocycles. The molecule has 0 aliphatic rings. The Kier molecular flexibility index (Phi) is 14.3. The second-order valence-electron chi connectivity index (χ2n) is 12.6. The highest BCUT2D eigenvalue weighted by atomic mass is 16.5. The van der Waals surface area contributed by atoms with E-state index in [-0.39, 0.29) is 63.3 Å². The third-order valence-electron chi connectivity index (χ3n) is 8.91. The second kappa shape index (κ2) is 19.1. The number of nitrogens with zero attached hydrogens (tertiary/aromatic N) is 1. The average Bonchev–Trinajstić information content (AvgIpc) is 3.15. The largest absolute Gasteiger partial charge is 0.506 e. The number of aromatic carboxylic acids is 2. The normalized spacial score (nSPS) is 10.8. The van der Waals surface area contributed by atoms with Gasteiger partial charge in [0.2, 0.25) is 5.91 Å². The van der Waals surface area contributed by atoms with Crippen molar-refractivity contribution >= 4 is 51.9 Å². The summed E-state index contributed by atoms with van der Waals surface area (Å²) in [5.41, 5.74) is -1.27. The minimum atomic E-state index is -1.41. The summed E-state index contributed by atoms with van der Waals surface area (Å²) in [7, 11) is 1.24. The number of esters is 1. The van der Waals surface area contributed by atoms with E-state index in [1.165, 1.54) is 51.0 Å². The molecule has 4 aromatic rings. The molecule has 0 aliphatic heterocycles. The molecule has 12 heteroatoms. The molecule has 0 fully saturated rings. The molecule has 0 aliphatic carbocycles. The van der Waals surface area contributed by atoms with Crippen molar-refractivity contribution in [2.75, 3.05) is 23.9 Å². The van der Waals surface area contributed by atoms with Gasteiger partial charge in [-0.1, -0.05) is 88.6 Å². The van der Waals surface area contributed by atoms with Crippen molar-refractivity contribution in [2.45, 2.75) is 78.1 Å². The number of unbranched alkanes of at least 4 members (excludes halogenated alkanes) is 8. The number of phenolic OH excluding ortho intramolecular Hbond substituents is 1. The van der Waals surface area contributed by atoms with Gasteiger partial charge in [0.15, 0.2) is 5.75 Å². The minimum Gasteiger partial charge on any atom is -0.506 e.